The highest BCUT2D eigenvalue weighted by molar-refractivity contribution is 5.65. The van der Waals surface area contributed by atoms with Gasteiger partial charge in [0.25, 0.3) is 0 Å². The molecule has 1 saturated heterocycles. The maximum absolute atomic E-state index is 10.6. The van der Waals surface area contributed by atoms with Crippen molar-refractivity contribution in [3.63, 3.8) is 0 Å². The molecule has 5 heteroatoms. The van der Waals surface area contributed by atoms with Gasteiger partial charge in [-0.15, -0.1) is 0 Å². The van der Waals surface area contributed by atoms with Gasteiger partial charge in [0.1, 0.15) is 0 Å². The Kier molecular flexibility index (Phi) is 3.50. The van der Waals surface area contributed by atoms with Gasteiger partial charge in [-0.1, -0.05) is 0 Å². The highest BCUT2D eigenvalue weighted by Crippen LogP contribution is 2.05. The Morgan fingerprint density at radius 1 is 1.46 bits per heavy atom. The van der Waals surface area contributed by atoms with Crippen LogP contribution < -0.4 is 5.73 Å². The van der Waals surface area contributed by atoms with Crippen molar-refractivity contribution in [1.82, 2.24) is 9.80 Å². The molecule has 0 spiro atoms. The molecule has 0 aromatic heterocycles. The third-order valence-electron chi connectivity index (χ3n) is 2.55. The standard InChI is InChI=1S/C8H17N3O2/c1-7(6-9)10-2-4-11(5-3-10)8(12)13/h7H,2-6,9H2,1H3,(H,12,13). The fraction of sp³-hybridized carbons (Fsp3) is 0.875. The van der Waals surface area contributed by atoms with E-state index in [1.165, 1.54) is 4.90 Å². The maximum Gasteiger partial charge on any atom is 0.407 e. The third kappa shape index (κ3) is 2.57. The van der Waals surface area contributed by atoms with Crippen molar-refractivity contribution < 1.29 is 9.90 Å². The summed E-state index contributed by atoms with van der Waals surface area (Å²) in [6.45, 7) is 5.48. The lowest BCUT2D eigenvalue weighted by molar-refractivity contribution is 0.0906. The van der Waals surface area contributed by atoms with Crippen molar-refractivity contribution in [1.29, 1.82) is 0 Å². The van der Waals surface area contributed by atoms with Gasteiger partial charge in [0.05, 0.1) is 0 Å². The van der Waals surface area contributed by atoms with Crippen molar-refractivity contribution in [2.24, 2.45) is 5.73 Å². The smallest absolute Gasteiger partial charge is 0.407 e. The van der Waals surface area contributed by atoms with E-state index in [2.05, 4.69) is 11.8 Å². The minimum atomic E-state index is -0.819. The van der Waals surface area contributed by atoms with E-state index in [4.69, 9.17) is 10.8 Å². The van der Waals surface area contributed by atoms with Crippen molar-refractivity contribution in [3.8, 4) is 0 Å². The van der Waals surface area contributed by atoms with E-state index >= 15 is 0 Å². The van der Waals surface area contributed by atoms with Crippen LogP contribution in [0.15, 0.2) is 0 Å². The molecule has 1 fully saturated rings. The summed E-state index contributed by atoms with van der Waals surface area (Å²) in [5.41, 5.74) is 5.53. The zero-order valence-electron chi connectivity index (χ0n) is 7.94. The average Bonchev–Trinajstić information content (AvgIpc) is 2.17. The molecule has 1 aliphatic rings. The summed E-state index contributed by atoms with van der Waals surface area (Å²) in [4.78, 5) is 14.2. The molecule has 3 N–H and O–H groups in total. The van der Waals surface area contributed by atoms with Crippen molar-refractivity contribution in [2.45, 2.75) is 13.0 Å². The van der Waals surface area contributed by atoms with E-state index in [0.717, 1.165) is 13.1 Å². The molecule has 1 rings (SSSR count). The van der Waals surface area contributed by atoms with Crippen LogP contribution in [0.2, 0.25) is 0 Å². The van der Waals surface area contributed by atoms with Gasteiger partial charge in [0.2, 0.25) is 0 Å². The Labute approximate surface area is 78.1 Å². The first-order valence-corrected chi connectivity index (χ1v) is 4.57. The van der Waals surface area contributed by atoms with Gasteiger partial charge in [-0.05, 0) is 6.92 Å². The normalized spacial score (nSPS) is 21.5. The average molecular weight is 187 g/mol. The van der Waals surface area contributed by atoms with Crippen LogP contribution in [0.25, 0.3) is 0 Å². The first-order valence-electron chi connectivity index (χ1n) is 4.57. The Morgan fingerprint density at radius 2 is 2.00 bits per heavy atom. The van der Waals surface area contributed by atoms with Crippen molar-refractivity contribution in [2.75, 3.05) is 32.7 Å². The first-order chi connectivity index (χ1) is 6.15. The Balaban J connectivity index is 2.34. The minimum absolute atomic E-state index is 0.357. The van der Waals surface area contributed by atoms with Gasteiger partial charge in [-0.25, -0.2) is 4.79 Å². The molecule has 13 heavy (non-hydrogen) atoms. The monoisotopic (exact) mass is 187 g/mol. The number of amides is 1. The fourth-order valence-corrected chi connectivity index (χ4v) is 1.50. The number of piperazine rings is 1. The number of hydrogen-bond donors (Lipinski definition) is 2. The van der Waals surface area contributed by atoms with Gasteiger partial charge in [-0.3, -0.25) is 4.90 Å². The quantitative estimate of drug-likeness (QED) is 0.619. The number of rotatable bonds is 2. The molecule has 1 aliphatic heterocycles. The number of nitrogens with two attached hydrogens (primary N) is 1. The largest absolute Gasteiger partial charge is 0.465 e. The molecule has 5 nitrogen and oxygen atoms in total. The first kappa shape index (κ1) is 10.3. The summed E-state index contributed by atoms with van der Waals surface area (Å²) < 4.78 is 0. The van der Waals surface area contributed by atoms with Gasteiger partial charge < -0.3 is 15.7 Å². The zero-order valence-corrected chi connectivity index (χ0v) is 7.94. The van der Waals surface area contributed by atoms with Crippen LogP contribution in [0.1, 0.15) is 6.92 Å². The second-order valence-corrected chi connectivity index (χ2v) is 3.39. The Morgan fingerprint density at radius 3 is 2.38 bits per heavy atom. The number of carboxylic acid groups (broad SMARTS) is 1. The summed E-state index contributed by atoms with van der Waals surface area (Å²) in [6.07, 6.45) is -0.819. The molecule has 1 atom stereocenters. The molecule has 1 unspecified atom stereocenters. The van der Waals surface area contributed by atoms with Crippen molar-refractivity contribution >= 4 is 6.09 Å². The highest BCUT2D eigenvalue weighted by Gasteiger charge is 2.22. The summed E-state index contributed by atoms with van der Waals surface area (Å²) in [5, 5.41) is 8.70. The fourth-order valence-electron chi connectivity index (χ4n) is 1.50. The van der Waals surface area contributed by atoms with Gasteiger partial charge >= 0.3 is 6.09 Å². The molecule has 1 heterocycles. The summed E-state index contributed by atoms with van der Waals surface area (Å²) in [5.74, 6) is 0. The van der Waals surface area contributed by atoms with Crippen molar-refractivity contribution in [3.05, 3.63) is 0 Å². The summed E-state index contributed by atoms with van der Waals surface area (Å²) in [7, 11) is 0. The van der Waals surface area contributed by atoms with Crippen LogP contribution in [0.5, 0.6) is 0 Å². The lowest BCUT2D eigenvalue weighted by Gasteiger charge is -2.36. The predicted octanol–water partition coefficient (Wildman–Crippen LogP) is -0.371. The zero-order chi connectivity index (χ0) is 9.84. The Bertz CT molecular complexity index is 178. The molecule has 0 bridgehead atoms. The van der Waals surface area contributed by atoms with Gasteiger partial charge in [0, 0.05) is 38.8 Å². The third-order valence-corrected chi connectivity index (χ3v) is 2.55. The van der Waals surface area contributed by atoms with E-state index in [1.54, 1.807) is 0 Å². The summed E-state index contributed by atoms with van der Waals surface area (Å²) >= 11 is 0. The molecule has 76 valence electrons. The number of carbonyl (C=O) groups is 1. The highest BCUT2D eigenvalue weighted by atomic mass is 16.4. The predicted molar refractivity (Wildman–Crippen MR) is 49.7 cm³/mol. The molecule has 0 aliphatic carbocycles. The molecule has 0 aromatic rings. The van der Waals surface area contributed by atoms with Crippen LogP contribution in [0.4, 0.5) is 4.79 Å². The lowest BCUT2D eigenvalue weighted by Crippen LogP contribution is -2.52. The maximum atomic E-state index is 10.6. The topological polar surface area (TPSA) is 69.8 Å². The Hall–Kier alpha value is -0.810. The lowest BCUT2D eigenvalue weighted by atomic mass is 10.2. The second kappa shape index (κ2) is 4.43. The van der Waals surface area contributed by atoms with E-state index in [9.17, 15) is 4.79 Å². The van der Waals surface area contributed by atoms with Gasteiger partial charge in [-0.2, -0.15) is 0 Å². The molecule has 0 aromatic carbocycles. The molecular weight excluding hydrogens is 170 g/mol. The van der Waals surface area contributed by atoms with Crippen LogP contribution in [0.3, 0.4) is 0 Å². The second-order valence-electron chi connectivity index (χ2n) is 3.39. The van der Waals surface area contributed by atoms with Gasteiger partial charge in [0.15, 0.2) is 0 Å². The molecule has 1 amide bonds. The van der Waals surface area contributed by atoms with Crippen LogP contribution >= 0.6 is 0 Å². The molecule has 0 radical (unpaired) electrons. The number of hydrogen-bond acceptors (Lipinski definition) is 3. The molecule has 0 saturated carbocycles. The SMILES string of the molecule is CC(CN)N1CCN(C(=O)O)CC1. The van der Waals surface area contributed by atoms with E-state index in [0.29, 0.717) is 25.7 Å². The van der Waals surface area contributed by atoms with Crippen LogP contribution in [-0.2, 0) is 0 Å². The summed E-state index contributed by atoms with van der Waals surface area (Å²) in [6, 6.07) is 0.357. The van der Waals surface area contributed by atoms with Crippen LogP contribution in [0, 0.1) is 0 Å². The number of nitrogens with zero attached hydrogens (tertiary/aromatic N) is 2. The van der Waals surface area contributed by atoms with Crippen LogP contribution in [-0.4, -0.2) is 59.8 Å². The van der Waals surface area contributed by atoms with E-state index < -0.39 is 6.09 Å². The van der Waals surface area contributed by atoms with E-state index in [-0.39, 0.29) is 0 Å². The minimum Gasteiger partial charge on any atom is -0.465 e. The molecular formula is C8H17N3O2. The van der Waals surface area contributed by atoms with E-state index in [1.807, 2.05) is 0 Å².